The Morgan fingerprint density at radius 1 is 1.53 bits per heavy atom. The van der Waals surface area contributed by atoms with Gasteiger partial charge in [0, 0.05) is 12.6 Å². The van der Waals surface area contributed by atoms with Crippen molar-refractivity contribution < 1.29 is 9.72 Å². The SMILES string of the molecule is CC(C)CNC(=O)c1cccc([N+](=O)[O-])c1Cl. The van der Waals surface area contributed by atoms with Gasteiger partial charge in [-0.15, -0.1) is 0 Å². The second kappa shape index (κ2) is 5.63. The number of nitrogens with one attached hydrogen (secondary N) is 1. The minimum Gasteiger partial charge on any atom is -0.352 e. The molecule has 0 aliphatic carbocycles. The van der Waals surface area contributed by atoms with E-state index in [2.05, 4.69) is 5.32 Å². The van der Waals surface area contributed by atoms with E-state index in [4.69, 9.17) is 11.6 Å². The molecule has 0 bridgehead atoms. The van der Waals surface area contributed by atoms with Gasteiger partial charge in [0.25, 0.3) is 11.6 Å². The van der Waals surface area contributed by atoms with Crippen molar-refractivity contribution in [3.63, 3.8) is 0 Å². The fourth-order valence-corrected chi connectivity index (χ4v) is 1.51. The van der Waals surface area contributed by atoms with Crippen molar-refractivity contribution >= 4 is 23.2 Å². The van der Waals surface area contributed by atoms with Crippen molar-refractivity contribution in [2.45, 2.75) is 13.8 Å². The Labute approximate surface area is 104 Å². The average Bonchev–Trinajstić information content (AvgIpc) is 2.25. The monoisotopic (exact) mass is 256 g/mol. The van der Waals surface area contributed by atoms with Gasteiger partial charge in [0.05, 0.1) is 10.5 Å². The smallest absolute Gasteiger partial charge is 0.288 e. The quantitative estimate of drug-likeness (QED) is 0.665. The fourth-order valence-electron chi connectivity index (χ4n) is 1.23. The van der Waals surface area contributed by atoms with E-state index in [0.29, 0.717) is 12.5 Å². The van der Waals surface area contributed by atoms with Gasteiger partial charge in [0.1, 0.15) is 5.02 Å². The molecule has 0 fully saturated rings. The molecule has 0 aliphatic rings. The van der Waals surface area contributed by atoms with E-state index in [1.807, 2.05) is 13.8 Å². The maximum absolute atomic E-state index is 11.7. The van der Waals surface area contributed by atoms with Gasteiger partial charge in [0.15, 0.2) is 0 Å². The number of hydrogen-bond donors (Lipinski definition) is 1. The third kappa shape index (κ3) is 3.42. The van der Waals surface area contributed by atoms with Crippen LogP contribution in [0.15, 0.2) is 18.2 Å². The van der Waals surface area contributed by atoms with Crippen LogP contribution >= 0.6 is 11.6 Å². The topological polar surface area (TPSA) is 72.2 Å². The summed E-state index contributed by atoms with van der Waals surface area (Å²) < 4.78 is 0. The number of carbonyl (C=O) groups is 1. The van der Waals surface area contributed by atoms with Crippen LogP contribution < -0.4 is 5.32 Å². The van der Waals surface area contributed by atoms with Gasteiger partial charge in [-0.05, 0) is 12.0 Å². The van der Waals surface area contributed by atoms with E-state index in [-0.39, 0.29) is 16.3 Å². The fraction of sp³-hybridized carbons (Fsp3) is 0.364. The molecule has 1 rings (SSSR count). The van der Waals surface area contributed by atoms with Gasteiger partial charge < -0.3 is 5.32 Å². The number of carbonyl (C=O) groups excluding carboxylic acids is 1. The predicted octanol–water partition coefficient (Wildman–Crippen LogP) is 2.63. The summed E-state index contributed by atoms with van der Waals surface area (Å²) in [6.07, 6.45) is 0. The van der Waals surface area contributed by atoms with Gasteiger partial charge in [-0.3, -0.25) is 14.9 Å². The van der Waals surface area contributed by atoms with Crippen molar-refractivity contribution in [2.24, 2.45) is 5.92 Å². The zero-order valence-corrected chi connectivity index (χ0v) is 10.3. The zero-order valence-electron chi connectivity index (χ0n) is 9.57. The Balaban J connectivity index is 2.95. The zero-order chi connectivity index (χ0) is 13.0. The number of rotatable bonds is 4. The Kier molecular flexibility index (Phi) is 4.45. The summed E-state index contributed by atoms with van der Waals surface area (Å²) >= 11 is 5.81. The lowest BCUT2D eigenvalue weighted by atomic mass is 10.1. The van der Waals surface area contributed by atoms with Crippen LogP contribution in [0, 0.1) is 16.0 Å². The molecule has 0 radical (unpaired) electrons. The van der Waals surface area contributed by atoms with Crippen LogP contribution in [0.3, 0.4) is 0 Å². The van der Waals surface area contributed by atoms with Gasteiger partial charge in [-0.2, -0.15) is 0 Å². The van der Waals surface area contributed by atoms with Crippen LogP contribution in [-0.4, -0.2) is 17.4 Å². The lowest BCUT2D eigenvalue weighted by molar-refractivity contribution is -0.384. The largest absolute Gasteiger partial charge is 0.352 e. The number of amides is 1. The highest BCUT2D eigenvalue weighted by molar-refractivity contribution is 6.35. The molecule has 1 N–H and O–H groups in total. The Morgan fingerprint density at radius 2 is 2.18 bits per heavy atom. The van der Waals surface area contributed by atoms with Gasteiger partial charge in [-0.1, -0.05) is 31.5 Å². The van der Waals surface area contributed by atoms with Crippen molar-refractivity contribution in [2.75, 3.05) is 6.54 Å². The second-order valence-electron chi connectivity index (χ2n) is 4.00. The van der Waals surface area contributed by atoms with Crippen LogP contribution in [0.2, 0.25) is 5.02 Å². The molecule has 5 nitrogen and oxygen atoms in total. The van der Waals surface area contributed by atoms with Crippen molar-refractivity contribution in [3.8, 4) is 0 Å². The summed E-state index contributed by atoms with van der Waals surface area (Å²) in [5.74, 6) is -0.0937. The Bertz CT molecular complexity index is 446. The molecule has 0 aromatic heterocycles. The third-order valence-electron chi connectivity index (χ3n) is 2.09. The van der Waals surface area contributed by atoms with Crippen molar-refractivity contribution in [1.82, 2.24) is 5.32 Å². The van der Waals surface area contributed by atoms with Crippen LogP contribution in [0.5, 0.6) is 0 Å². The van der Waals surface area contributed by atoms with E-state index in [9.17, 15) is 14.9 Å². The summed E-state index contributed by atoms with van der Waals surface area (Å²) in [6, 6.07) is 4.17. The van der Waals surface area contributed by atoms with E-state index in [1.54, 1.807) is 0 Å². The van der Waals surface area contributed by atoms with Crippen LogP contribution in [0.1, 0.15) is 24.2 Å². The minimum absolute atomic E-state index is 0.126. The molecule has 0 spiro atoms. The van der Waals surface area contributed by atoms with E-state index in [0.717, 1.165) is 0 Å². The summed E-state index contributed by atoms with van der Waals surface area (Å²) in [5, 5.41) is 13.2. The van der Waals surface area contributed by atoms with Crippen LogP contribution in [0.25, 0.3) is 0 Å². The first-order valence-corrected chi connectivity index (χ1v) is 5.52. The summed E-state index contributed by atoms with van der Waals surface area (Å²) in [5.41, 5.74) is -0.134. The Hall–Kier alpha value is -1.62. The van der Waals surface area contributed by atoms with Crippen LogP contribution in [0.4, 0.5) is 5.69 Å². The number of nitro groups is 1. The molecule has 1 amide bonds. The highest BCUT2D eigenvalue weighted by Gasteiger charge is 2.19. The summed E-state index contributed by atoms with van der Waals surface area (Å²) in [6.45, 7) is 4.41. The normalized spacial score (nSPS) is 10.4. The molecule has 0 heterocycles. The molecule has 1 aromatic carbocycles. The molecule has 92 valence electrons. The van der Waals surface area contributed by atoms with Crippen molar-refractivity contribution in [1.29, 1.82) is 0 Å². The van der Waals surface area contributed by atoms with E-state index >= 15 is 0 Å². The van der Waals surface area contributed by atoms with Crippen molar-refractivity contribution in [3.05, 3.63) is 38.9 Å². The van der Waals surface area contributed by atoms with E-state index < -0.39 is 10.8 Å². The maximum atomic E-state index is 11.7. The lowest BCUT2D eigenvalue weighted by Crippen LogP contribution is -2.27. The number of hydrogen-bond acceptors (Lipinski definition) is 3. The Morgan fingerprint density at radius 3 is 2.71 bits per heavy atom. The molecule has 6 heteroatoms. The first kappa shape index (κ1) is 13.4. The second-order valence-corrected chi connectivity index (χ2v) is 4.38. The standard InChI is InChI=1S/C11H13ClN2O3/c1-7(2)6-13-11(15)8-4-3-5-9(10(8)12)14(16)17/h3-5,7H,6H2,1-2H3,(H,13,15). The predicted molar refractivity (Wildman–Crippen MR) is 65.3 cm³/mol. The van der Waals surface area contributed by atoms with Gasteiger partial charge >= 0.3 is 0 Å². The molecule has 0 aliphatic heterocycles. The van der Waals surface area contributed by atoms with Crippen LogP contribution in [-0.2, 0) is 0 Å². The highest BCUT2D eigenvalue weighted by Crippen LogP contribution is 2.27. The number of nitro benzene ring substituents is 1. The first-order chi connectivity index (χ1) is 7.93. The first-order valence-electron chi connectivity index (χ1n) is 5.14. The summed E-state index contributed by atoms with van der Waals surface area (Å²) in [4.78, 5) is 21.8. The highest BCUT2D eigenvalue weighted by atomic mass is 35.5. The lowest BCUT2D eigenvalue weighted by Gasteiger charge is -2.08. The third-order valence-corrected chi connectivity index (χ3v) is 2.49. The average molecular weight is 257 g/mol. The molecule has 1 aromatic rings. The molecule has 0 saturated carbocycles. The number of halogens is 1. The number of nitrogens with zero attached hydrogens (tertiary/aromatic N) is 1. The number of benzene rings is 1. The summed E-state index contributed by atoms with van der Waals surface area (Å²) in [7, 11) is 0. The minimum atomic E-state index is -0.610. The molecular formula is C11H13ClN2O3. The molecule has 17 heavy (non-hydrogen) atoms. The molecule has 0 unspecified atom stereocenters. The molecule has 0 saturated heterocycles. The molecular weight excluding hydrogens is 244 g/mol. The maximum Gasteiger partial charge on any atom is 0.288 e. The van der Waals surface area contributed by atoms with Gasteiger partial charge in [0.2, 0.25) is 0 Å². The van der Waals surface area contributed by atoms with Gasteiger partial charge in [-0.25, -0.2) is 0 Å². The molecule has 0 atom stereocenters. The van der Waals surface area contributed by atoms with E-state index in [1.165, 1.54) is 18.2 Å².